The van der Waals surface area contributed by atoms with Crippen molar-refractivity contribution in [3.05, 3.63) is 17.0 Å². The topological polar surface area (TPSA) is 80.2 Å². The number of aryl methyl sites for hydroxylation is 2. The normalized spacial score (nSPS) is 22.7. The fourth-order valence-electron chi connectivity index (χ4n) is 3.89. The van der Waals surface area contributed by atoms with Crippen LogP contribution in [0.2, 0.25) is 0 Å². The summed E-state index contributed by atoms with van der Waals surface area (Å²) in [5.41, 5.74) is 2.94. The molecule has 0 radical (unpaired) electrons. The van der Waals surface area contributed by atoms with E-state index in [4.69, 9.17) is 0 Å². The molecule has 0 aromatic carbocycles. The van der Waals surface area contributed by atoms with Crippen LogP contribution in [0, 0.1) is 20.8 Å². The maximum atomic E-state index is 13.0. The second-order valence-corrected chi connectivity index (χ2v) is 10.6. The number of carbonyl (C=O) groups excluding carboxylic acids is 1. The summed E-state index contributed by atoms with van der Waals surface area (Å²) in [5, 5.41) is 0.615. The number of thioether (sulfide) groups is 1. The molecule has 1 aliphatic heterocycles. The van der Waals surface area contributed by atoms with Gasteiger partial charge in [0.2, 0.25) is 5.91 Å². The molecule has 3 rings (SSSR count). The van der Waals surface area contributed by atoms with Crippen molar-refractivity contribution in [3.63, 3.8) is 0 Å². The van der Waals surface area contributed by atoms with Crippen LogP contribution in [-0.2, 0) is 14.6 Å². The molecule has 1 saturated heterocycles. The quantitative estimate of drug-likeness (QED) is 0.561. The van der Waals surface area contributed by atoms with Gasteiger partial charge in [0.15, 0.2) is 15.0 Å². The molecule has 1 amide bonds. The second kappa shape index (κ2) is 7.84. The first-order valence-electron chi connectivity index (χ1n) is 9.23. The van der Waals surface area contributed by atoms with Crippen LogP contribution >= 0.6 is 11.8 Å². The summed E-state index contributed by atoms with van der Waals surface area (Å²) in [6.45, 7) is 5.89. The highest BCUT2D eigenvalue weighted by atomic mass is 32.2. The lowest BCUT2D eigenvalue weighted by Crippen LogP contribution is -2.47. The van der Waals surface area contributed by atoms with Crippen molar-refractivity contribution in [2.24, 2.45) is 0 Å². The number of rotatable bonds is 5. The molecule has 144 valence electrons. The first-order chi connectivity index (χ1) is 12.3. The van der Waals surface area contributed by atoms with Crippen molar-refractivity contribution in [1.82, 2.24) is 14.9 Å². The lowest BCUT2D eigenvalue weighted by molar-refractivity contribution is -0.132. The Morgan fingerprint density at radius 1 is 1.08 bits per heavy atom. The maximum Gasteiger partial charge on any atom is 0.233 e. The monoisotopic (exact) mass is 397 g/mol. The molecule has 2 fully saturated rings. The number of carbonyl (C=O) groups is 1. The summed E-state index contributed by atoms with van der Waals surface area (Å²) < 4.78 is 23.8. The van der Waals surface area contributed by atoms with Gasteiger partial charge in [0.05, 0.1) is 17.3 Å². The highest BCUT2D eigenvalue weighted by molar-refractivity contribution is 7.99. The molecular formula is C18H27N3O3S2. The Morgan fingerprint density at radius 2 is 1.69 bits per heavy atom. The van der Waals surface area contributed by atoms with Gasteiger partial charge < -0.3 is 4.90 Å². The third-order valence-corrected chi connectivity index (χ3v) is 8.13. The highest BCUT2D eigenvalue weighted by Crippen LogP contribution is 2.30. The van der Waals surface area contributed by atoms with Crippen LogP contribution in [0.15, 0.2) is 5.16 Å². The minimum atomic E-state index is -3.01. The third-order valence-electron chi connectivity index (χ3n) is 5.54. The van der Waals surface area contributed by atoms with Gasteiger partial charge in [-0.15, -0.1) is 0 Å². The summed E-state index contributed by atoms with van der Waals surface area (Å²) in [7, 11) is -3.01. The number of hydrogen-bond donors (Lipinski definition) is 0. The minimum Gasteiger partial charge on any atom is -0.335 e. The lowest BCUT2D eigenvalue weighted by atomic mass is 10.1. The molecule has 0 N–H and O–H groups in total. The van der Waals surface area contributed by atoms with Crippen molar-refractivity contribution in [2.75, 3.05) is 17.3 Å². The molecule has 2 heterocycles. The van der Waals surface area contributed by atoms with Crippen molar-refractivity contribution in [2.45, 2.75) is 70.1 Å². The molecule has 1 aliphatic carbocycles. The summed E-state index contributed by atoms with van der Waals surface area (Å²) in [4.78, 5) is 23.8. The number of nitrogens with zero attached hydrogens (tertiary/aromatic N) is 3. The minimum absolute atomic E-state index is 0.0171. The van der Waals surface area contributed by atoms with Gasteiger partial charge in [-0.1, -0.05) is 24.6 Å². The summed E-state index contributed by atoms with van der Waals surface area (Å²) in [6, 6.07) is 0.0161. The van der Waals surface area contributed by atoms with Gasteiger partial charge in [0.25, 0.3) is 0 Å². The number of sulfone groups is 1. The van der Waals surface area contributed by atoms with E-state index in [-0.39, 0.29) is 35.2 Å². The van der Waals surface area contributed by atoms with Gasteiger partial charge >= 0.3 is 0 Å². The fraction of sp³-hybridized carbons (Fsp3) is 0.722. The molecule has 26 heavy (non-hydrogen) atoms. The van der Waals surface area contributed by atoms with Crippen LogP contribution in [0.1, 0.15) is 49.1 Å². The first kappa shape index (κ1) is 19.6. The maximum absolute atomic E-state index is 13.0. The van der Waals surface area contributed by atoms with Crippen LogP contribution in [0.4, 0.5) is 0 Å². The van der Waals surface area contributed by atoms with E-state index in [0.717, 1.165) is 42.6 Å². The van der Waals surface area contributed by atoms with E-state index < -0.39 is 9.84 Å². The van der Waals surface area contributed by atoms with Gasteiger partial charge in [0.1, 0.15) is 0 Å². The molecule has 1 atom stereocenters. The second-order valence-electron chi connectivity index (χ2n) is 7.39. The summed E-state index contributed by atoms with van der Waals surface area (Å²) >= 11 is 1.35. The molecule has 2 aliphatic rings. The van der Waals surface area contributed by atoms with Gasteiger partial charge in [0, 0.05) is 23.5 Å². The molecule has 0 bridgehead atoms. The van der Waals surface area contributed by atoms with Crippen LogP contribution in [0.3, 0.4) is 0 Å². The highest BCUT2D eigenvalue weighted by Gasteiger charge is 2.38. The zero-order valence-electron chi connectivity index (χ0n) is 15.7. The Labute approximate surface area is 160 Å². The number of hydrogen-bond acceptors (Lipinski definition) is 6. The molecule has 1 aromatic rings. The molecule has 1 aromatic heterocycles. The van der Waals surface area contributed by atoms with E-state index in [1.54, 1.807) is 0 Å². The Kier molecular flexibility index (Phi) is 5.91. The zero-order chi connectivity index (χ0) is 18.9. The molecule has 0 unspecified atom stereocenters. The van der Waals surface area contributed by atoms with Crippen LogP contribution in [0.5, 0.6) is 0 Å². The number of amides is 1. The van der Waals surface area contributed by atoms with Crippen LogP contribution in [0.25, 0.3) is 0 Å². The SMILES string of the molecule is Cc1nc(SCC(=O)N(C2CCCC2)[C@H]2CCS(=O)(=O)C2)nc(C)c1C. The average molecular weight is 398 g/mol. The van der Waals surface area contributed by atoms with Gasteiger partial charge in [-0.25, -0.2) is 18.4 Å². The van der Waals surface area contributed by atoms with E-state index >= 15 is 0 Å². The lowest BCUT2D eigenvalue weighted by Gasteiger charge is -2.34. The zero-order valence-corrected chi connectivity index (χ0v) is 17.3. The van der Waals surface area contributed by atoms with E-state index in [2.05, 4.69) is 9.97 Å². The van der Waals surface area contributed by atoms with Crippen molar-refractivity contribution < 1.29 is 13.2 Å². The van der Waals surface area contributed by atoms with Crippen molar-refractivity contribution in [1.29, 1.82) is 0 Å². The van der Waals surface area contributed by atoms with Crippen molar-refractivity contribution >= 4 is 27.5 Å². The van der Waals surface area contributed by atoms with Crippen molar-refractivity contribution in [3.8, 4) is 0 Å². The average Bonchev–Trinajstić information content (AvgIpc) is 3.21. The third kappa shape index (κ3) is 4.39. The predicted molar refractivity (Wildman–Crippen MR) is 103 cm³/mol. The van der Waals surface area contributed by atoms with Crippen LogP contribution in [-0.4, -0.2) is 58.5 Å². The largest absolute Gasteiger partial charge is 0.335 e. The molecule has 6 nitrogen and oxygen atoms in total. The molecular weight excluding hydrogens is 370 g/mol. The fourth-order valence-corrected chi connectivity index (χ4v) is 6.41. The predicted octanol–water partition coefficient (Wildman–Crippen LogP) is 2.45. The Morgan fingerprint density at radius 3 is 2.23 bits per heavy atom. The van der Waals surface area contributed by atoms with Crippen LogP contribution < -0.4 is 0 Å². The Bertz CT molecular complexity index is 766. The number of aromatic nitrogens is 2. The molecule has 1 saturated carbocycles. The van der Waals surface area contributed by atoms with E-state index in [1.807, 2.05) is 25.7 Å². The van der Waals surface area contributed by atoms with Gasteiger partial charge in [-0.2, -0.15) is 0 Å². The smallest absolute Gasteiger partial charge is 0.233 e. The van der Waals surface area contributed by atoms with E-state index in [1.165, 1.54) is 11.8 Å². The first-order valence-corrected chi connectivity index (χ1v) is 12.0. The summed E-state index contributed by atoms with van der Waals surface area (Å²) in [6.07, 6.45) is 4.74. The Hall–Kier alpha value is -1.15. The van der Waals surface area contributed by atoms with Gasteiger partial charge in [-0.3, -0.25) is 4.79 Å². The van der Waals surface area contributed by atoms with E-state index in [0.29, 0.717) is 11.6 Å². The summed E-state index contributed by atoms with van der Waals surface area (Å²) in [5.74, 6) is 0.582. The molecule has 8 heteroatoms. The molecule has 0 spiro atoms. The van der Waals surface area contributed by atoms with Gasteiger partial charge in [-0.05, 0) is 45.6 Å². The van der Waals surface area contributed by atoms with E-state index in [9.17, 15) is 13.2 Å². The standard InChI is InChI=1S/C18H27N3O3S2/c1-12-13(2)19-18(20-14(12)3)25-10-17(22)21(15-6-4-5-7-15)16-8-9-26(23,24)11-16/h15-16H,4-11H2,1-3H3/t16-/m0/s1. The Balaban J connectivity index is 1.71.